The number of allylic oxidation sites excluding steroid dienone is 5. The molecule has 0 saturated heterocycles. The Labute approximate surface area is 142 Å². The third-order valence-electron chi connectivity index (χ3n) is 3.88. The zero-order valence-electron chi connectivity index (χ0n) is 14.7. The van der Waals surface area contributed by atoms with Crippen molar-refractivity contribution in [2.45, 2.75) is 57.8 Å². The van der Waals surface area contributed by atoms with E-state index in [9.17, 15) is 0 Å². The van der Waals surface area contributed by atoms with Crippen LogP contribution in [0.5, 0.6) is 5.75 Å². The van der Waals surface area contributed by atoms with E-state index in [4.69, 9.17) is 4.74 Å². The number of aryl methyl sites for hydroxylation is 1. The van der Waals surface area contributed by atoms with E-state index < -0.39 is 0 Å². The summed E-state index contributed by atoms with van der Waals surface area (Å²) in [6.45, 7) is 3.70. The summed E-state index contributed by atoms with van der Waals surface area (Å²) in [4.78, 5) is 0. The third-order valence-corrected chi connectivity index (χ3v) is 3.88. The highest BCUT2D eigenvalue weighted by Gasteiger charge is 1.96. The highest BCUT2D eigenvalue weighted by Crippen LogP contribution is 2.15. The fourth-order valence-corrected chi connectivity index (χ4v) is 2.53. The first-order valence-corrected chi connectivity index (χ1v) is 8.90. The molecule has 0 fully saturated rings. The Balaban J connectivity index is 1.95. The zero-order valence-corrected chi connectivity index (χ0v) is 14.7. The Bertz CT molecular complexity index is 471. The van der Waals surface area contributed by atoms with Gasteiger partial charge in [0.1, 0.15) is 5.75 Å². The van der Waals surface area contributed by atoms with Crippen molar-refractivity contribution in [3.05, 3.63) is 66.8 Å². The average Bonchev–Trinajstić information content (AvgIpc) is 2.59. The van der Waals surface area contributed by atoms with Crippen LogP contribution in [-0.4, -0.2) is 7.11 Å². The Morgan fingerprint density at radius 1 is 0.913 bits per heavy atom. The quantitative estimate of drug-likeness (QED) is 0.292. The third kappa shape index (κ3) is 10.6. The van der Waals surface area contributed by atoms with E-state index in [0.717, 1.165) is 25.0 Å². The lowest BCUT2D eigenvalue weighted by molar-refractivity contribution is 0.414. The minimum atomic E-state index is 0.966. The van der Waals surface area contributed by atoms with Gasteiger partial charge in [-0.15, -0.1) is 6.58 Å². The van der Waals surface area contributed by atoms with Gasteiger partial charge in [-0.25, -0.2) is 0 Å². The average molecular weight is 312 g/mol. The molecule has 1 heteroatoms. The Morgan fingerprint density at radius 3 is 2.48 bits per heavy atom. The van der Waals surface area contributed by atoms with Crippen LogP contribution in [0.15, 0.2) is 61.2 Å². The van der Waals surface area contributed by atoms with Crippen molar-refractivity contribution in [3.8, 4) is 5.75 Å². The van der Waals surface area contributed by atoms with Crippen LogP contribution >= 0.6 is 0 Å². The van der Waals surface area contributed by atoms with Crippen LogP contribution in [0, 0.1) is 0 Å². The van der Waals surface area contributed by atoms with E-state index in [1.807, 2.05) is 12.1 Å². The molecule has 1 rings (SSSR count). The lowest BCUT2D eigenvalue weighted by Crippen LogP contribution is -1.88. The Hall–Kier alpha value is -1.76. The fraction of sp³-hybridized carbons (Fsp3) is 0.455. The fourth-order valence-electron chi connectivity index (χ4n) is 2.53. The Kier molecular flexibility index (Phi) is 11.6. The van der Waals surface area contributed by atoms with Gasteiger partial charge in [0, 0.05) is 0 Å². The van der Waals surface area contributed by atoms with Crippen LogP contribution in [0.2, 0.25) is 0 Å². The molecule has 0 N–H and O–H groups in total. The molecule has 0 bridgehead atoms. The van der Waals surface area contributed by atoms with Gasteiger partial charge in [-0.3, -0.25) is 0 Å². The molecule has 1 aromatic carbocycles. The zero-order chi connectivity index (χ0) is 16.6. The van der Waals surface area contributed by atoms with E-state index in [1.165, 1.54) is 44.1 Å². The molecule has 126 valence electrons. The van der Waals surface area contributed by atoms with Gasteiger partial charge in [0.25, 0.3) is 0 Å². The SMILES string of the molecule is C=CC/C=C\C/C=C\CCCCCCCc1cccc(OC)c1. The number of hydrogen-bond acceptors (Lipinski definition) is 1. The van der Waals surface area contributed by atoms with Crippen LogP contribution in [0.1, 0.15) is 56.9 Å². The largest absolute Gasteiger partial charge is 0.497 e. The number of methoxy groups -OCH3 is 1. The van der Waals surface area contributed by atoms with E-state index in [2.05, 4.69) is 49.1 Å². The van der Waals surface area contributed by atoms with Crippen molar-refractivity contribution in [1.82, 2.24) is 0 Å². The standard InChI is InChI=1S/C22H32O/c1-3-4-5-6-7-8-9-10-11-12-13-14-15-17-21-18-16-19-22(20-21)23-2/h3,5-6,8-9,16,18-20H,1,4,7,10-15,17H2,2H3/b6-5-,9-8-. The minimum Gasteiger partial charge on any atom is -0.497 e. The summed E-state index contributed by atoms with van der Waals surface area (Å²) in [5, 5.41) is 0. The summed E-state index contributed by atoms with van der Waals surface area (Å²) < 4.78 is 5.26. The molecular weight excluding hydrogens is 280 g/mol. The second-order valence-corrected chi connectivity index (χ2v) is 5.86. The molecule has 0 amide bonds. The van der Waals surface area contributed by atoms with Crippen molar-refractivity contribution >= 4 is 0 Å². The molecule has 1 nitrogen and oxygen atoms in total. The molecule has 0 spiro atoms. The molecule has 0 aromatic heterocycles. The minimum absolute atomic E-state index is 0.966. The first-order valence-electron chi connectivity index (χ1n) is 8.90. The normalized spacial score (nSPS) is 11.3. The van der Waals surface area contributed by atoms with Gasteiger partial charge in [0.2, 0.25) is 0 Å². The van der Waals surface area contributed by atoms with E-state index in [1.54, 1.807) is 7.11 Å². The van der Waals surface area contributed by atoms with E-state index in [-0.39, 0.29) is 0 Å². The van der Waals surface area contributed by atoms with Crippen LogP contribution in [0.3, 0.4) is 0 Å². The van der Waals surface area contributed by atoms with E-state index in [0.29, 0.717) is 0 Å². The van der Waals surface area contributed by atoms with Crippen LogP contribution < -0.4 is 4.74 Å². The first kappa shape index (κ1) is 19.3. The maximum Gasteiger partial charge on any atom is 0.119 e. The molecular formula is C22H32O. The molecule has 0 atom stereocenters. The topological polar surface area (TPSA) is 9.23 Å². The van der Waals surface area contributed by atoms with Crippen molar-refractivity contribution < 1.29 is 4.74 Å². The van der Waals surface area contributed by atoms with Crippen LogP contribution in [0.4, 0.5) is 0 Å². The van der Waals surface area contributed by atoms with E-state index >= 15 is 0 Å². The maximum atomic E-state index is 5.26. The van der Waals surface area contributed by atoms with Crippen LogP contribution in [0.25, 0.3) is 0 Å². The summed E-state index contributed by atoms with van der Waals surface area (Å²) in [5.41, 5.74) is 1.39. The molecule has 0 saturated carbocycles. The van der Waals surface area contributed by atoms with Gasteiger partial charge < -0.3 is 4.74 Å². The molecule has 0 aliphatic heterocycles. The monoisotopic (exact) mass is 312 g/mol. The molecule has 0 radical (unpaired) electrons. The van der Waals surface area contributed by atoms with Gasteiger partial charge >= 0.3 is 0 Å². The van der Waals surface area contributed by atoms with Crippen LogP contribution in [-0.2, 0) is 6.42 Å². The smallest absolute Gasteiger partial charge is 0.119 e. The number of unbranched alkanes of at least 4 members (excludes halogenated alkanes) is 5. The number of ether oxygens (including phenoxy) is 1. The summed E-state index contributed by atoms with van der Waals surface area (Å²) in [7, 11) is 1.73. The summed E-state index contributed by atoms with van der Waals surface area (Å²) >= 11 is 0. The predicted octanol–water partition coefficient (Wildman–Crippen LogP) is 6.66. The summed E-state index contributed by atoms with van der Waals surface area (Å²) in [6, 6.07) is 8.42. The second kappa shape index (κ2) is 13.9. The highest BCUT2D eigenvalue weighted by molar-refractivity contribution is 5.28. The summed E-state index contributed by atoms with van der Waals surface area (Å²) in [6.07, 6.45) is 21.9. The molecule has 1 aromatic rings. The Morgan fingerprint density at radius 2 is 1.65 bits per heavy atom. The lowest BCUT2D eigenvalue weighted by Gasteiger charge is -2.04. The second-order valence-electron chi connectivity index (χ2n) is 5.86. The molecule has 0 aliphatic carbocycles. The molecule has 0 unspecified atom stereocenters. The molecule has 23 heavy (non-hydrogen) atoms. The van der Waals surface area contributed by atoms with Gasteiger partial charge in [-0.05, 0) is 56.2 Å². The summed E-state index contributed by atoms with van der Waals surface area (Å²) in [5.74, 6) is 0.966. The first-order chi connectivity index (χ1) is 11.4. The van der Waals surface area contributed by atoms with Crippen molar-refractivity contribution in [3.63, 3.8) is 0 Å². The number of hydrogen-bond donors (Lipinski definition) is 0. The lowest BCUT2D eigenvalue weighted by atomic mass is 10.0. The van der Waals surface area contributed by atoms with Crippen molar-refractivity contribution in [1.29, 1.82) is 0 Å². The molecule has 0 aliphatic rings. The van der Waals surface area contributed by atoms with Gasteiger partial charge in [-0.2, -0.15) is 0 Å². The van der Waals surface area contributed by atoms with Gasteiger partial charge in [0.05, 0.1) is 7.11 Å². The maximum absolute atomic E-state index is 5.26. The van der Waals surface area contributed by atoms with Gasteiger partial charge in [-0.1, -0.05) is 61.8 Å². The molecule has 0 heterocycles. The number of benzene rings is 1. The van der Waals surface area contributed by atoms with Gasteiger partial charge in [0.15, 0.2) is 0 Å². The van der Waals surface area contributed by atoms with Crippen molar-refractivity contribution in [2.75, 3.05) is 7.11 Å². The van der Waals surface area contributed by atoms with Crippen molar-refractivity contribution in [2.24, 2.45) is 0 Å². The number of rotatable bonds is 13. The highest BCUT2D eigenvalue weighted by atomic mass is 16.5. The predicted molar refractivity (Wildman–Crippen MR) is 102 cm³/mol.